The molecule has 0 saturated heterocycles. The van der Waals surface area contributed by atoms with Crippen molar-refractivity contribution in [2.75, 3.05) is 16.0 Å². The molecule has 0 fully saturated rings. The van der Waals surface area contributed by atoms with Gasteiger partial charge < -0.3 is 11.1 Å². The van der Waals surface area contributed by atoms with E-state index >= 15 is 0 Å². The molecule has 3 aromatic rings. The number of rotatable bonds is 4. The van der Waals surface area contributed by atoms with Gasteiger partial charge in [0.2, 0.25) is 0 Å². The van der Waals surface area contributed by atoms with Crippen LogP contribution in [0.2, 0.25) is 5.02 Å². The first-order valence-electron chi connectivity index (χ1n) is 8.37. The average Bonchev–Trinajstić information content (AvgIpc) is 2.71. The first-order chi connectivity index (χ1) is 13.9. The lowest BCUT2D eigenvalue weighted by molar-refractivity contribution is -0.384. The van der Waals surface area contributed by atoms with Crippen LogP contribution < -0.4 is 16.0 Å². The fraction of sp³-hybridized carbons (Fsp3) is 0. The largest absolute Gasteiger partial charge is 0.399 e. The van der Waals surface area contributed by atoms with Gasteiger partial charge in [0.25, 0.3) is 5.69 Å². The Hall–Kier alpha value is -3.91. The maximum absolute atomic E-state index is 12.9. The lowest BCUT2D eigenvalue weighted by Gasteiger charge is -2.22. The van der Waals surface area contributed by atoms with Gasteiger partial charge in [-0.3, -0.25) is 24.6 Å². The first kappa shape index (κ1) is 19.8. The van der Waals surface area contributed by atoms with Gasteiger partial charge in [-0.1, -0.05) is 29.8 Å². The van der Waals surface area contributed by atoms with Crippen LogP contribution in [0.3, 0.4) is 0 Å². The van der Waals surface area contributed by atoms with Crippen LogP contribution in [0.25, 0.3) is 0 Å². The van der Waals surface area contributed by atoms with Crippen LogP contribution in [0.5, 0.6) is 0 Å². The number of nitro groups is 1. The Morgan fingerprint density at radius 1 is 0.966 bits per heavy atom. The van der Waals surface area contributed by atoms with E-state index in [-0.39, 0.29) is 16.4 Å². The highest BCUT2D eigenvalue weighted by atomic mass is 35.5. The second-order valence-corrected chi connectivity index (χ2v) is 6.35. The molecule has 0 aromatic heterocycles. The Bertz CT molecular complexity index is 1070. The fourth-order valence-electron chi connectivity index (χ4n) is 2.60. The Balaban J connectivity index is 1.92. The molecule has 29 heavy (non-hydrogen) atoms. The molecule has 0 heterocycles. The quantitative estimate of drug-likeness (QED) is 0.290. The Labute approximate surface area is 170 Å². The highest BCUT2D eigenvalue weighted by Gasteiger charge is 2.26. The van der Waals surface area contributed by atoms with E-state index in [9.17, 15) is 19.7 Å². The minimum absolute atomic E-state index is 0.0739. The van der Waals surface area contributed by atoms with E-state index in [1.54, 1.807) is 54.6 Å². The number of benzene rings is 3. The van der Waals surface area contributed by atoms with E-state index < -0.39 is 16.7 Å². The second kappa shape index (κ2) is 8.41. The molecule has 0 aliphatic rings. The van der Waals surface area contributed by atoms with Crippen LogP contribution in [0.1, 0.15) is 0 Å². The van der Waals surface area contributed by atoms with Gasteiger partial charge in [-0.05, 0) is 48.5 Å². The van der Waals surface area contributed by atoms with Crippen molar-refractivity contribution in [3.63, 3.8) is 0 Å². The minimum Gasteiger partial charge on any atom is -0.399 e. The third-order valence-corrected chi connectivity index (χ3v) is 4.28. The zero-order valence-electron chi connectivity index (χ0n) is 14.9. The number of amides is 2. The summed E-state index contributed by atoms with van der Waals surface area (Å²) in [5.41, 5.74) is 6.82. The summed E-state index contributed by atoms with van der Waals surface area (Å²) in [6.07, 6.45) is 0. The summed E-state index contributed by atoms with van der Waals surface area (Å²) in [6, 6.07) is 18.8. The van der Waals surface area contributed by atoms with E-state index in [1.807, 2.05) is 0 Å². The number of nitrogens with one attached hydrogen (secondary N) is 1. The first-order valence-corrected chi connectivity index (χ1v) is 8.74. The number of halogens is 1. The van der Waals surface area contributed by atoms with Crippen molar-refractivity contribution in [1.29, 1.82) is 0 Å². The van der Waals surface area contributed by atoms with Crippen LogP contribution in [-0.4, -0.2) is 16.7 Å². The van der Waals surface area contributed by atoms with Gasteiger partial charge in [-0.15, -0.1) is 0 Å². The van der Waals surface area contributed by atoms with Crippen LogP contribution >= 0.6 is 11.6 Å². The summed E-state index contributed by atoms with van der Waals surface area (Å²) >= 11 is 5.77. The SMILES string of the molecule is Nc1ccc(N(C(=O)C(=O)Nc2ccc(Cl)c([N+](=O)[O-])c2)c2ccccc2)cc1. The molecule has 0 aliphatic heterocycles. The number of para-hydroxylation sites is 1. The number of carbonyl (C=O) groups is 2. The van der Waals surface area contributed by atoms with Crippen LogP contribution in [-0.2, 0) is 9.59 Å². The number of nitrogens with two attached hydrogens (primary N) is 1. The summed E-state index contributed by atoms with van der Waals surface area (Å²) in [5, 5.41) is 13.3. The Morgan fingerprint density at radius 2 is 1.59 bits per heavy atom. The van der Waals surface area contributed by atoms with E-state index in [0.717, 1.165) is 6.07 Å². The van der Waals surface area contributed by atoms with Gasteiger partial charge in [0.15, 0.2) is 0 Å². The molecule has 8 nitrogen and oxygen atoms in total. The number of hydrogen-bond donors (Lipinski definition) is 2. The minimum atomic E-state index is -0.970. The number of carbonyl (C=O) groups excluding carboxylic acids is 2. The molecular weight excluding hydrogens is 396 g/mol. The summed E-state index contributed by atoms with van der Waals surface area (Å²) in [6.45, 7) is 0. The van der Waals surface area contributed by atoms with E-state index in [0.29, 0.717) is 17.1 Å². The van der Waals surface area contributed by atoms with Gasteiger partial charge in [0.1, 0.15) is 5.02 Å². The second-order valence-electron chi connectivity index (χ2n) is 5.95. The van der Waals surface area contributed by atoms with Crippen molar-refractivity contribution in [1.82, 2.24) is 0 Å². The van der Waals surface area contributed by atoms with Crippen LogP contribution in [0.4, 0.5) is 28.4 Å². The molecule has 0 aliphatic carbocycles. The lowest BCUT2D eigenvalue weighted by Crippen LogP contribution is -2.36. The predicted molar refractivity (Wildman–Crippen MR) is 111 cm³/mol. The molecule has 0 bridgehead atoms. The smallest absolute Gasteiger partial charge is 0.321 e. The van der Waals surface area contributed by atoms with Crippen molar-refractivity contribution in [2.24, 2.45) is 0 Å². The van der Waals surface area contributed by atoms with Crippen molar-refractivity contribution in [3.8, 4) is 0 Å². The summed E-state index contributed by atoms with van der Waals surface area (Å²) in [5.74, 6) is -1.85. The molecule has 3 aromatic carbocycles. The third kappa shape index (κ3) is 4.50. The molecule has 0 unspecified atom stereocenters. The van der Waals surface area contributed by atoms with Gasteiger partial charge in [-0.2, -0.15) is 0 Å². The topological polar surface area (TPSA) is 119 Å². The number of hydrogen-bond acceptors (Lipinski definition) is 5. The van der Waals surface area contributed by atoms with E-state index in [1.165, 1.54) is 17.0 Å². The van der Waals surface area contributed by atoms with Crippen molar-refractivity contribution >= 4 is 51.9 Å². The highest BCUT2D eigenvalue weighted by molar-refractivity contribution is 6.45. The molecule has 0 saturated carbocycles. The summed E-state index contributed by atoms with van der Waals surface area (Å²) < 4.78 is 0. The van der Waals surface area contributed by atoms with E-state index in [2.05, 4.69) is 5.32 Å². The van der Waals surface area contributed by atoms with Crippen molar-refractivity contribution < 1.29 is 14.5 Å². The van der Waals surface area contributed by atoms with Crippen LogP contribution in [0, 0.1) is 10.1 Å². The number of nitrogen functional groups attached to an aromatic ring is 1. The fourth-order valence-corrected chi connectivity index (χ4v) is 2.79. The van der Waals surface area contributed by atoms with Gasteiger partial charge in [-0.25, -0.2) is 0 Å². The Kier molecular flexibility index (Phi) is 5.75. The molecule has 0 spiro atoms. The number of anilines is 4. The zero-order valence-corrected chi connectivity index (χ0v) is 15.7. The standard InChI is InChI=1S/C20H15ClN4O4/c21-17-11-8-14(12-18(17)25(28)29)23-19(26)20(27)24(15-4-2-1-3-5-15)16-9-6-13(22)7-10-16/h1-12H,22H2,(H,23,26). The van der Waals surface area contributed by atoms with Gasteiger partial charge in [0.05, 0.1) is 4.92 Å². The molecular formula is C20H15ClN4O4. The monoisotopic (exact) mass is 410 g/mol. The van der Waals surface area contributed by atoms with Crippen LogP contribution in [0.15, 0.2) is 72.8 Å². The maximum Gasteiger partial charge on any atom is 0.321 e. The highest BCUT2D eigenvalue weighted by Crippen LogP contribution is 2.29. The number of nitrogens with zero attached hydrogens (tertiary/aromatic N) is 2. The third-order valence-electron chi connectivity index (χ3n) is 3.96. The Morgan fingerprint density at radius 3 is 2.21 bits per heavy atom. The number of nitro benzene ring substituents is 1. The molecule has 3 rings (SSSR count). The normalized spacial score (nSPS) is 10.2. The van der Waals surface area contributed by atoms with Crippen molar-refractivity contribution in [3.05, 3.63) is 87.9 Å². The molecule has 0 atom stereocenters. The van der Waals surface area contributed by atoms with Gasteiger partial charge >= 0.3 is 11.8 Å². The molecule has 146 valence electrons. The summed E-state index contributed by atoms with van der Waals surface area (Å²) in [4.78, 5) is 37.1. The van der Waals surface area contributed by atoms with E-state index in [4.69, 9.17) is 17.3 Å². The molecule has 9 heteroatoms. The van der Waals surface area contributed by atoms with Crippen molar-refractivity contribution in [2.45, 2.75) is 0 Å². The molecule has 3 N–H and O–H groups in total. The maximum atomic E-state index is 12.9. The van der Waals surface area contributed by atoms with Gasteiger partial charge in [0, 0.05) is 28.8 Å². The lowest BCUT2D eigenvalue weighted by atomic mass is 10.2. The molecule has 2 amide bonds. The molecule has 0 radical (unpaired) electrons. The average molecular weight is 411 g/mol. The summed E-state index contributed by atoms with van der Waals surface area (Å²) in [7, 11) is 0. The predicted octanol–water partition coefficient (Wildman–Crippen LogP) is 4.13. The zero-order chi connectivity index (χ0) is 21.0.